The third kappa shape index (κ3) is 2.52. The van der Waals surface area contributed by atoms with Crippen molar-refractivity contribution in [1.82, 2.24) is 0 Å². The van der Waals surface area contributed by atoms with Gasteiger partial charge < -0.3 is 0 Å². The van der Waals surface area contributed by atoms with Crippen LogP contribution in [0.3, 0.4) is 0 Å². The lowest BCUT2D eigenvalue weighted by molar-refractivity contribution is -0.779. The van der Waals surface area contributed by atoms with Crippen LogP contribution < -0.4 is 0 Å². The molecule has 1 fully saturated rings. The van der Waals surface area contributed by atoms with Crippen molar-refractivity contribution in [2.75, 3.05) is 20.1 Å². The van der Waals surface area contributed by atoms with Crippen molar-refractivity contribution in [3.63, 3.8) is 0 Å². The van der Waals surface area contributed by atoms with Crippen molar-refractivity contribution in [2.45, 2.75) is 24.2 Å². The Labute approximate surface area is 90.8 Å². The van der Waals surface area contributed by atoms with Crippen molar-refractivity contribution in [3.8, 4) is 0 Å². The highest BCUT2D eigenvalue weighted by Crippen LogP contribution is 2.32. The second-order valence-corrected chi connectivity index (χ2v) is 5.67. The summed E-state index contributed by atoms with van der Waals surface area (Å²) in [7, 11) is 2.35. The molecular formula is C12H17NS+. The molecule has 1 aromatic rings. The minimum absolute atomic E-state index is 1.14. The summed E-state index contributed by atoms with van der Waals surface area (Å²) in [6.45, 7) is 2.62. The molecule has 1 aliphatic heterocycles. The minimum Gasteiger partial charge on any atom is -0.260 e. The Morgan fingerprint density at radius 1 is 1.14 bits per heavy atom. The maximum atomic E-state index is 3.06. The molecule has 1 heterocycles. The van der Waals surface area contributed by atoms with Crippen LogP contribution in [0.2, 0.25) is 0 Å². The molecule has 0 aliphatic carbocycles. The van der Waals surface area contributed by atoms with Crippen LogP contribution >= 0.6 is 11.9 Å². The summed E-state index contributed by atoms with van der Waals surface area (Å²) < 4.78 is 1.14. The van der Waals surface area contributed by atoms with Crippen LogP contribution in [0.1, 0.15) is 19.3 Å². The number of hydrogen-bond donors (Lipinski definition) is 0. The highest BCUT2D eigenvalue weighted by atomic mass is 32.2. The number of quaternary nitrogens is 1. The zero-order chi connectivity index (χ0) is 9.86. The Balaban J connectivity index is 2.02. The van der Waals surface area contributed by atoms with Crippen LogP contribution in [0.25, 0.3) is 0 Å². The molecule has 0 unspecified atom stereocenters. The van der Waals surface area contributed by atoms with E-state index in [0.29, 0.717) is 0 Å². The van der Waals surface area contributed by atoms with Crippen LogP contribution in [0.15, 0.2) is 29.2 Å². The number of piperidine rings is 1. The Kier molecular flexibility index (Phi) is 3.14. The molecule has 0 atom stereocenters. The number of benzene rings is 1. The van der Waals surface area contributed by atoms with E-state index in [1.54, 1.807) is 0 Å². The number of rotatable bonds is 2. The molecule has 0 saturated carbocycles. The second kappa shape index (κ2) is 4.37. The summed E-state index contributed by atoms with van der Waals surface area (Å²) >= 11 is 1.98. The molecule has 1 nitrogen and oxygen atoms in total. The molecular weight excluding hydrogens is 190 g/mol. The summed E-state index contributed by atoms with van der Waals surface area (Å²) in [6.07, 6.45) is 4.17. The maximum absolute atomic E-state index is 3.06. The molecule has 0 bridgehead atoms. The van der Waals surface area contributed by atoms with E-state index in [9.17, 15) is 0 Å². The van der Waals surface area contributed by atoms with Gasteiger partial charge in [-0.25, -0.2) is 0 Å². The van der Waals surface area contributed by atoms with Gasteiger partial charge in [0.2, 0.25) is 0 Å². The van der Waals surface area contributed by atoms with Crippen molar-refractivity contribution < 1.29 is 3.89 Å². The Bertz CT molecular complexity index is 278. The van der Waals surface area contributed by atoms with Crippen molar-refractivity contribution in [1.29, 1.82) is 0 Å². The van der Waals surface area contributed by atoms with Crippen molar-refractivity contribution >= 4 is 11.9 Å². The van der Waals surface area contributed by atoms with E-state index < -0.39 is 0 Å². The van der Waals surface area contributed by atoms with Gasteiger partial charge in [0.05, 0.1) is 25.0 Å². The van der Waals surface area contributed by atoms with E-state index >= 15 is 0 Å². The fraction of sp³-hybridized carbons (Fsp3) is 0.500. The molecule has 1 aliphatic rings. The molecule has 1 aromatic carbocycles. The Hall–Kier alpha value is -0.470. The molecule has 1 radical (unpaired) electrons. The molecule has 0 aromatic heterocycles. The summed E-state index contributed by atoms with van der Waals surface area (Å²) in [5.74, 6) is 0. The first-order valence-electron chi connectivity index (χ1n) is 5.29. The Morgan fingerprint density at radius 3 is 2.43 bits per heavy atom. The standard InChI is InChI=1S/C12H17NS/c1-13(10-6-3-7-11-13)14-12-8-4-2-5-9-12/h4-5,8-9H,3,6-7,10-11H2,1H3/q+1. The average Bonchev–Trinajstić information content (AvgIpc) is 2.19. The zero-order valence-electron chi connectivity index (χ0n) is 8.70. The van der Waals surface area contributed by atoms with Gasteiger partial charge in [-0.1, -0.05) is 12.1 Å². The molecule has 14 heavy (non-hydrogen) atoms. The van der Waals surface area contributed by atoms with E-state index in [4.69, 9.17) is 0 Å². The van der Waals surface area contributed by atoms with Crippen LogP contribution in [0.4, 0.5) is 0 Å². The summed E-state index contributed by atoms with van der Waals surface area (Å²) in [5.41, 5.74) is 0. The van der Waals surface area contributed by atoms with E-state index in [1.165, 1.54) is 37.2 Å². The highest BCUT2D eigenvalue weighted by molar-refractivity contribution is 7.93. The van der Waals surface area contributed by atoms with Crippen LogP contribution in [0, 0.1) is 6.07 Å². The van der Waals surface area contributed by atoms with Gasteiger partial charge in [0.25, 0.3) is 0 Å². The zero-order valence-corrected chi connectivity index (χ0v) is 9.52. The van der Waals surface area contributed by atoms with Crippen LogP contribution in [0.5, 0.6) is 0 Å². The summed E-state index contributed by atoms with van der Waals surface area (Å²) in [5, 5.41) is 0. The lowest BCUT2D eigenvalue weighted by Crippen LogP contribution is -2.41. The first-order chi connectivity index (χ1) is 6.79. The number of hydrogen-bond acceptors (Lipinski definition) is 1. The normalized spacial score (nSPS) is 20.6. The smallest absolute Gasteiger partial charge is 0.112 e. The van der Waals surface area contributed by atoms with Gasteiger partial charge in [0.1, 0.15) is 11.9 Å². The average molecular weight is 207 g/mol. The summed E-state index contributed by atoms with van der Waals surface area (Å²) in [4.78, 5) is 1.37. The summed E-state index contributed by atoms with van der Waals surface area (Å²) in [6, 6.07) is 11.4. The van der Waals surface area contributed by atoms with Gasteiger partial charge in [-0.05, 0) is 37.5 Å². The van der Waals surface area contributed by atoms with Gasteiger partial charge in [-0.3, -0.25) is 3.89 Å². The quantitative estimate of drug-likeness (QED) is 0.530. The third-order valence-electron chi connectivity index (χ3n) is 2.78. The Morgan fingerprint density at radius 2 is 1.79 bits per heavy atom. The monoisotopic (exact) mass is 207 g/mol. The van der Waals surface area contributed by atoms with Gasteiger partial charge in [0, 0.05) is 0 Å². The van der Waals surface area contributed by atoms with Crippen molar-refractivity contribution in [3.05, 3.63) is 30.3 Å². The predicted octanol–water partition coefficient (Wildman–Crippen LogP) is 3.12. The lowest BCUT2D eigenvalue weighted by Gasteiger charge is -2.34. The van der Waals surface area contributed by atoms with Gasteiger partial charge in [0.15, 0.2) is 0 Å². The van der Waals surface area contributed by atoms with Gasteiger partial charge in [-0.15, -0.1) is 0 Å². The maximum Gasteiger partial charge on any atom is 0.112 e. The second-order valence-electron chi connectivity index (χ2n) is 4.13. The molecule has 2 heteroatoms. The van der Waals surface area contributed by atoms with Crippen LogP contribution in [-0.4, -0.2) is 24.0 Å². The molecule has 1 saturated heterocycles. The fourth-order valence-electron chi connectivity index (χ4n) is 1.96. The SMILES string of the molecule is C[N+]1(Sc2cc[c]cc2)CCCCC1. The van der Waals surface area contributed by atoms with Crippen LogP contribution in [-0.2, 0) is 0 Å². The largest absolute Gasteiger partial charge is 0.260 e. The fourth-order valence-corrected chi connectivity index (χ4v) is 3.17. The third-order valence-corrected chi connectivity index (χ3v) is 4.06. The molecule has 2 rings (SSSR count). The first kappa shape index (κ1) is 10.1. The van der Waals surface area contributed by atoms with Gasteiger partial charge >= 0.3 is 0 Å². The lowest BCUT2D eigenvalue weighted by atomic mass is 10.1. The van der Waals surface area contributed by atoms with E-state index in [0.717, 1.165) is 3.89 Å². The van der Waals surface area contributed by atoms with E-state index in [2.05, 4.69) is 25.2 Å². The molecule has 0 amide bonds. The minimum atomic E-state index is 1.14. The number of likely N-dealkylation sites (tertiary alicyclic amines) is 1. The van der Waals surface area contributed by atoms with E-state index in [1.807, 2.05) is 24.1 Å². The van der Waals surface area contributed by atoms with Gasteiger partial charge in [-0.2, -0.15) is 0 Å². The number of nitrogens with zero attached hydrogens (tertiary/aromatic N) is 1. The topological polar surface area (TPSA) is 0 Å². The van der Waals surface area contributed by atoms with E-state index in [-0.39, 0.29) is 0 Å². The molecule has 0 N–H and O–H groups in total. The predicted molar refractivity (Wildman–Crippen MR) is 60.9 cm³/mol. The first-order valence-corrected chi connectivity index (χ1v) is 6.06. The molecule has 75 valence electrons. The highest BCUT2D eigenvalue weighted by Gasteiger charge is 2.26. The molecule has 0 spiro atoms. The van der Waals surface area contributed by atoms with Crippen molar-refractivity contribution in [2.24, 2.45) is 0 Å².